The average molecular weight is 382 g/mol. The number of oxime groups is 1. The van der Waals surface area contributed by atoms with Crippen LogP contribution >= 0.6 is 0 Å². The van der Waals surface area contributed by atoms with Crippen LogP contribution in [0, 0.1) is 0 Å². The smallest absolute Gasteiger partial charge is 0.263 e. The number of carbonyl (C=O) groups is 1. The van der Waals surface area contributed by atoms with Crippen molar-refractivity contribution in [2.45, 2.75) is 25.9 Å². The highest BCUT2D eigenvalue weighted by atomic mass is 16.6. The van der Waals surface area contributed by atoms with Gasteiger partial charge >= 0.3 is 0 Å². The molecule has 0 unspecified atom stereocenters. The normalized spacial score (nSPS) is 14.1. The van der Waals surface area contributed by atoms with Gasteiger partial charge in [0.1, 0.15) is 6.61 Å². The lowest BCUT2D eigenvalue weighted by Gasteiger charge is -2.25. The van der Waals surface area contributed by atoms with Gasteiger partial charge in [-0.25, -0.2) is 0 Å². The summed E-state index contributed by atoms with van der Waals surface area (Å²) in [6.07, 6.45) is 4.88. The van der Waals surface area contributed by atoms with Crippen LogP contribution in [0.3, 0.4) is 0 Å². The second-order valence-electron chi connectivity index (χ2n) is 6.63. The molecule has 0 N–H and O–H groups in total. The van der Waals surface area contributed by atoms with Gasteiger partial charge in [0.15, 0.2) is 18.1 Å². The molecule has 1 amide bonds. The Morgan fingerprint density at radius 1 is 1.07 bits per heavy atom. The first-order valence-electron chi connectivity index (χ1n) is 9.54. The highest BCUT2D eigenvalue weighted by molar-refractivity contribution is 5.81. The van der Waals surface area contributed by atoms with Gasteiger partial charge in [-0.05, 0) is 43.0 Å². The van der Waals surface area contributed by atoms with Gasteiger partial charge in [-0.2, -0.15) is 0 Å². The Morgan fingerprint density at radius 3 is 2.61 bits per heavy atom. The van der Waals surface area contributed by atoms with Crippen molar-refractivity contribution in [2.75, 3.05) is 26.8 Å². The summed E-state index contributed by atoms with van der Waals surface area (Å²) in [6.45, 7) is 2.05. The van der Waals surface area contributed by atoms with E-state index in [4.69, 9.17) is 14.3 Å². The molecule has 0 aliphatic carbocycles. The first-order chi connectivity index (χ1) is 13.8. The number of hydrogen-bond acceptors (Lipinski definition) is 5. The van der Waals surface area contributed by atoms with Gasteiger partial charge in [0, 0.05) is 18.7 Å². The number of rotatable bonds is 8. The minimum atomic E-state index is -0.0358. The maximum Gasteiger partial charge on any atom is 0.263 e. The Balaban J connectivity index is 1.51. The summed E-state index contributed by atoms with van der Waals surface area (Å²) >= 11 is 0. The highest BCUT2D eigenvalue weighted by Crippen LogP contribution is 2.28. The van der Waals surface area contributed by atoms with E-state index < -0.39 is 0 Å². The summed E-state index contributed by atoms with van der Waals surface area (Å²) < 4.78 is 11.3. The number of benzene rings is 2. The fourth-order valence-electron chi connectivity index (χ4n) is 3.04. The van der Waals surface area contributed by atoms with Gasteiger partial charge in [-0.3, -0.25) is 4.79 Å². The fraction of sp³-hybridized carbons (Fsp3) is 0.364. The van der Waals surface area contributed by atoms with E-state index in [1.54, 1.807) is 13.3 Å². The number of methoxy groups -OCH3 is 1. The lowest BCUT2D eigenvalue weighted by molar-refractivity contribution is -0.136. The van der Waals surface area contributed by atoms with Gasteiger partial charge in [0.25, 0.3) is 5.91 Å². The van der Waals surface area contributed by atoms with Crippen molar-refractivity contribution in [1.29, 1.82) is 0 Å². The van der Waals surface area contributed by atoms with Crippen LogP contribution in [0.15, 0.2) is 53.7 Å². The Morgan fingerprint density at radius 2 is 1.86 bits per heavy atom. The lowest BCUT2D eigenvalue weighted by Crippen LogP contribution is -2.37. The molecular formula is C22H26N2O4. The summed E-state index contributed by atoms with van der Waals surface area (Å²) in [6, 6.07) is 15.5. The average Bonchev–Trinajstić information content (AvgIpc) is 2.76. The van der Waals surface area contributed by atoms with E-state index in [1.807, 2.05) is 53.4 Å². The standard InChI is InChI=1S/C22H26N2O4/c1-26-21-14-19(10-11-20(21)27-16-18-8-4-2-5-9-18)15-23-28-17-22(25)24-12-6-3-7-13-24/h2,4-5,8-11,14-15H,3,6-7,12-13,16-17H2,1H3/b23-15-. The van der Waals surface area contributed by atoms with Crippen molar-refractivity contribution < 1.29 is 19.1 Å². The SMILES string of the molecule is COc1cc(/C=N\OCC(=O)N2CCCCC2)ccc1OCc1ccccc1. The van der Waals surface area contributed by atoms with Crippen LogP contribution in [0.2, 0.25) is 0 Å². The van der Waals surface area contributed by atoms with Crippen LogP contribution in [0.4, 0.5) is 0 Å². The Labute approximate surface area is 165 Å². The first kappa shape index (κ1) is 19.7. The molecule has 6 heteroatoms. The maximum absolute atomic E-state index is 12.0. The fourth-order valence-corrected chi connectivity index (χ4v) is 3.04. The molecule has 0 bridgehead atoms. The van der Waals surface area contributed by atoms with Crippen LogP contribution in [0.1, 0.15) is 30.4 Å². The Kier molecular flexibility index (Phi) is 7.29. The molecule has 0 radical (unpaired) electrons. The number of piperidine rings is 1. The molecule has 2 aromatic rings. The van der Waals surface area contributed by atoms with Crippen LogP contribution in [0.5, 0.6) is 11.5 Å². The van der Waals surface area contributed by atoms with E-state index in [9.17, 15) is 4.79 Å². The second kappa shape index (κ2) is 10.3. The number of likely N-dealkylation sites (tertiary alicyclic amines) is 1. The van der Waals surface area contributed by atoms with Gasteiger partial charge in [0.05, 0.1) is 13.3 Å². The zero-order chi connectivity index (χ0) is 19.6. The van der Waals surface area contributed by atoms with E-state index >= 15 is 0 Å². The zero-order valence-electron chi connectivity index (χ0n) is 16.2. The summed E-state index contributed by atoms with van der Waals surface area (Å²) in [5, 5.41) is 3.91. The third-order valence-corrected chi connectivity index (χ3v) is 4.60. The molecule has 1 fully saturated rings. The summed E-state index contributed by atoms with van der Waals surface area (Å²) in [5.41, 5.74) is 1.89. The van der Waals surface area contributed by atoms with E-state index in [2.05, 4.69) is 5.16 Å². The molecule has 0 atom stereocenters. The largest absolute Gasteiger partial charge is 0.493 e. The quantitative estimate of drug-likeness (QED) is 0.517. The zero-order valence-corrected chi connectivity index (χ0v) is 16.2. The van der Waals surface area contributed by atoms with Crippen LogP contribution in [-0.2, 0) is 16.2 Å². The Bertz CT molecular complexity index is 786. The second-order valence-corrected chi connectivity index (χ2v) is 6.63. The molecule has 1 saturated heterocycles. The summed E-state index contributed by atoms with van der Waals surface area (Å²) in [4.78, 5) is 19.0. The third-order valence-electron chi connectivity index (χ3n) is 4.60. The topological polar surface area (TPSA) is 60.4 Å². The monoisotopic (exact) mass is 382 g/mol. The van der Waals surface area contributed by atoms with E-state index in [-0.39, 0.29) is 12.5 Å². The predicted octanol–water partition coefficient (Wildman–Crippen LogP) is 3.64. The number of amides is 1. The van der Waals surface area contributed by atoms with Crippen molar-refractivity contribution in [3.05, 3.63) is 59.7 Å². The van der Waals surface area contributed by atoms with E-state index in [1.165, 1.54) is 6.42 Å². The molecule has 2 aromatic carbocycles. The predicted molar refractivity (Wildman–Crippen MR) is 108 cm³/mol. The van der Waals surface area contributed by atoms with Crippen molar-refractivity contribution in [2.24, 2.45) is 5.16 Å². The molecule has 28 heavy (non-hydrogen) atoms. The molecule has 0 aromatic heterocycles. The van der Waals surface area contributed by atoms with Gasteiger partial charge in [-0.15, -0.1) is 0 Å². The minimum Gasteiger partial charge on any atom is -0.493 e. The van der Waals surface area contributed by atoms with Crippen LogP contribution in [0.25, 0.3) is 0 Å². The molecule has 1 heterocycles. The number of hydrogen-bond donors (Lipinski definition) is 0. The van der Waals surface area contributed by atoms with Crippen LogP contribution < -0.4 is 9.47 Å². The van der Waals surface area contributed by atoms with Crippen molar-refractivity contribution in [1.82, 2.24) is 4.90 Å². The van der Waals surface area contributed by atoms with Gasteiger partial charge < -0.3 is 19.2 Å². The van der Waals surface area contributed by atoms with Gasteiger partial charge in [0.2, 0.25) is 0 Å². The van der Waals surface area contributed by atoms with Crippen molar-refractivity contribution >= 4 is 12.1 Å². The first-order valence-corrected chi connectivity index (χ1v) is 9.54. The lowest BCUT2D eigenvalue weighted by atomic mass is 10.1. The molecule has 148 valence electrons. The van der Waals surface area contributed by atoms with Gasteiger partial charge in [-0.1, -0.05) is 35.5 Å². The molecule has 1 aliphatic heterocycles. The molecule has 0 saturated carbocycles. The van der Waals surface area contributed by atoms with Crippen molar-refractivity contribution in [3.63, 3.8) is 0 Å². The number of ether oxygens (including phenoxy) is 2. The maximum atomic E-state index is 12.0. The molecular weight excluding hydrogens is 356 g/mol. The summed E-state index contributed by atoms with van der Waals surface area (Å²) in [5.74, 6) is 1.26. The molecule has 3 rings (SSSR count). The van der Waals surface area contributed by atoms with Crippen LogP contribution in [-0.4, -0.2) is 43.8 Å². The minimum absolute atomic E-state index is 0.0147. The summed E-state index contributed by atoms with van der Waals surface area (Å²) in [7, 11) is 1.60. The van der Waals surface area contributed by atoms with E-state index in [0.717, 1.165) is 37.1 Å². The number of nitrogens with zero attached hydrogens (tertiary/aromatic N) is 2. The van der Waals surface area contributed by atoms with Crippen molar-refractivity contribution in [3.8, 4) is 11.5 Å². The Hall–Kier alpha value is -3.02. The highest BCUT2D eigenvalue weighted by Gasteiger charge is 2.16. The third kappa shape index (κ3) is 5.74. The molecule has 1 aliphatic rings. The molecule has 6 nitrogen and oxygen atoms in total. The number of carbonyl (C=O) groups excluding carboxylic acids is 1. The molecule has 0 spiro atoms. The van der Waals surface area contributed by atoms with E-state index in [0.29, 0.717) is 18.1 Å².